The molecular weight excluding hydrogens is 438 g/mol. The molecule has 0 spiro atoms. The van der Waals surface area contributed by atoms with Crippen LogP contribution in [-0.2, 0) is 11.3 Å². The van der Waals surface area contributed by atoms with Crippen molar-refractivity contribution in [2.45, 2.75) is 52.0 Å². The van der Waals surface area contributed by atoms with Gasteiger partial charge >= 0.3 is 0 Å². The van der Waals surface area contributed by atoms with E-state index in [1.54, 1.807) is 6.20 Å². The van der Waals surface area contributed by atoms with Gasteiger partial charge in [0.25, 0.3) is 0 Å². The SMILES string of the molecule is Cc1ccc(CC2CON=C(c3c(Oc4cccc(C5CC5)c4)cnc4nc(C)cn34)N2)c(C)c1. The number of hydrogen-bond acceptors (Lipinski definition) is 6. The number of ether oxygens (including phenoxy) is 1. The molecule has 1 saturated carbocycles. The summed E-state index contributed by atoms with van der Waals surface area (Å²) in [6.45, 7) is 6.72. The fourth-order valence-electron chi connectivity index (χ4n) is 4.73. The minimum absolute atomic E-state index is 0.0720. The molecule has 1 unspecified atom stereocenters. The largest absolute Gasteiger partial charge is 0.453 e. The number of hydrogen-bond donors (Lipinski definition) is 1. The number of nitrogens with zero attached hydrogens (tertiary/aromatic N) is 4. The van der Waals surface area contributed by atoms with E-state index >= 15 is 0 Å². The molecule has 1 aliphatic carbocycles. The molecule has 4 aromatic rings. The molecule has 1 atom stereocenters. The van der Waals surface area contributed by atoms with Crippen LogP contribution in [0.25, 0.3) is 5.78 Å². The van der Waals surface area contributed by atoms with Crippen LogP contribution >= 0.6 is 0 Å². The first-order valence-electron chi connectivity index (χ1n) is 12.2. The van der Waals surface area contributed by atoms with Crippen LogP contribution in [0.1, 0.15) is 52.4 Å². The van der Waals surface area contributed by atoms with Crippen molar-refractivity contribution in [3.05, 3.63) is 88.5 Å². The lowest BCUT2D eigenvalue weighted by Crippen LogP contribution is -2.44. The molecule has 2 aliphatic rings. The van der Waals surface area contributed by atoms with E-state index in [0.717, 1.165) is 23.6 Å². The van der Waals surface area contributed by atoms with E-state index in [4.69, 9.17) is 9.57 Å². The maximum absolute atomic E-state index is 6.40. The van der Waals surface area contributed by atoms with Crippen molar-refractivity contribution < 1.29 is 9.57 Å². The van der Waals surface area contributed by atoms with Gasteiger partial charge in [-0.3, -0.25) is 4.40 Å². The summed E-state index contributed by atoms with van der Waals surface area (Å²) in [4.78, 5) is 14.8. The predicted molar refractivity (Wildman–Crippen MR) is 135 cm³/mol. The maximum atomic E-state index is 6.40. The number of oxime groups is 1. The van der Waals surface area contributed by atoms with Crippen molar-refractivity contribution in [1.29, 1.82) is 0 Å². The van der Waals surface area contributed by atoms with Gasteiger partial charge in [-0.25, -0.2) is 9.97 Å². The second-order valence-corrected chi connectivity index (χ2v) is 9.68. The fourth-order valence-corrected chi connectivity index (χ4v) is 4.73. The second kappa shape index (κ2) is 8.73. The molecule has 7 heteroatoms. The van der Waals surface area contributed by atoms with E-state index < -0.39 is 0 Å². The van der Waals surface area contributed by atoms with Crippen molar-refractivity contribution in [1.82, 2.24) is 19.7 Å². The Balaban J connectivity index is 1.34. The van der Waals surface area contributed by atoms with Crippen molar-refractivity contribution >= 4 is 11.6 Å². The molecule has 1 N–H and O–H groups in total. The molecule has 1 aliphatic heterocycles. The average Bonchev–Trinajstić information content (AvgIpc) is 3.62. The molecule has 35 heavy (non-hydrogen) atoms. The van der Waals surface area contributed by atoms with Crippen LogP contribution in [0.3, 0.4) is 0 Å². The number of benzene rings is 2. The lowest BCUT2D eigenvalue weighted by Gasteiger charge is -2.26. The lowest BCUT2D eigenvalue weighted by atomic mass is 9.99. The summed E-state index contributed by atoms with van der Waals surface area (Å²) in [5.74, 6) is 3.25. The van der Waals surface area contributed by atoms with Crippen molar-refractivity contribution in [2.75, 3.05) is 6.61 Å². The first-order valence-corrected chi connectivity index (χ1v) is 12.2. The summed E-state index contributed by atoms with van der Waals surface area (Å²) < 4.78 is 8.32. The van der Waals surface area contributed by atoms with Gasteiger partial charge in [-0.1, -0.05) is 41.1 Å². The third kappa shape index (κ3) is 4.46. The first kappa shape index (κ1) is 21.6. The summed E-state index contributed by atoms with van der Waals surface area (Å²) in [5, 5.41) is 7.99. The quantitative estimate of drug-likeness (QED) is 0.421. The molecule has 6 rings (SSSR count). The second-order valence-electron chi connectivity index (χ2n) is 9.68. The third-order valence-corrected chi connectivity index (χ3v) is 6.68. The Morgan fingerprint density at radius 3 is 2.83 bits per heavy atom. The van der Waals surface area contributed by atoms with Gasteiger partial charge in [0.2, 0.25) is 5.78 Å². The Labute approximate surface area is 204 Å². The molecular formula is C28H29N5O2. The van der Waals surface area contributed by atoms with Gasteiger partial charge < -0.3 is 14.9 Å². The van der Waals surface area contributed by atoms with Crippen LogP contribution in [0, 0.1) is 20.8 Å². The highest BCUT2D eigenvalue weighted by Crippen LogP contribution is 2.41. The summed E-state index contributed by atoms with van der Waals surface area (Å²) in [6, 6.07) is 15.0. The molecule has 0 bridgehead atoms. The minimum Gasteiger partial charge on any atom is -0.453 e. The summed E-state index contributed by atoms with van der Waals surface area (Å²) in [6.07, 6.45) is 7.00. The smallest absolute Gasteiger partial charge is 0.234 e. The van der Waals surface area contributed by atoms with Gasteiger partial charge in [0.15, 0.2) is 11.6 Å². The van der Waals surface area contributed by atoms with Gasteiger partial charge in [0.05, 0.1) is 17.9 Å². The zero-order valence-corrected chi connectivity index (χ0v) is 20.3. The topological polar surface area (TPSA) is 73.0 Å². The number of nitrogens with one attached hydrogen (secondary N) is 1. The lowest BCUT2D eigenvalue weighted by molar-refractivity contribution is 0.109. The van der Waals surface area contributed by atoms with E-state index in [-0.39, 0.29) is 6.04 Å². The molecule has 3 heterocycles. The molecule has 0 saturated heterocycles. The summed E-state index contributed by atoms with van der Waals surface area (Å²) in [7, 11) is 0. The van der Waals surface area contributed by atoms with Crippen LogP contribution in [0.4, 0.5) is 0 Å². The van der Waals surface area contributed by atoms with Crippen LogP contribution < -0.4 is 10.1 Å². The zero-order valence-electron chi connectivity index (χ0n) is 20.3. The average molecular weight is 468 g/mol. The van der Waals surface area contributed by atoms with Crippen molar-refractivity contribution in [3.63, 3.8) is 0 Å². The van der Waals surface area contributed by atoms with Crippen molar-refractivity contribution in [3.8, 4) is 11.5 Å². The van der Waals surface area contributed by atoms with Gasteiger partial charge in [0, 0.05) is 6.20 Å². The normalized spacial score (nSPS) is 17.6. The van der Waals surface area contributed by atoms with Gasteiger partial charge in [-0.15, -0.1) is 0 Å². The van der Waals surface area contributed by atoms with Crippen LogP contribution in [0.2, 0.25) is 0 Å². The van der Waals surface area contributed by atoms with Gasteiger partial charge in [-0.05, 0) is 74.8 Å². The van der Waals surface area contributed by atoms with E-state index in [0.29, 0.717) is 29.9 Å². The fraction of sp³-hybridized carbons (Fsp3) is 0.321. The first-order chi connectivity index (χ1) is 17.0. The number of amidine groups is 1. The van der Waals surface area contributed by atoms with E-state index in [1.807, 2.05) is 23.6 Å². The number of fused-ring (bicyclic) bond motifs is 1. The Bertz CT molecular complexity index is 1440. The number of aryl methyl sites for hydroxylation is 3. The molecule has 7 nitrogen and oxygen atoms in total. The highest BCUT2D eigenvalue weighted by atomic mass is 16.6. The predicted octanol–water partition coefficient (Wildman–Crippen LogP) is 5.22. The molecule has 0 radical (unpaired) electrons. The molecule has 0 amide bonds. The number of aromatic nitrogens is 3. The molecule has 1 fully saturated rings. The van der Waals surface area contributed by atoms with Gasteiger partial charge in [-0.2, -0.15) is 0 Å². The maximum Gasteiger partial charge on any atom is 0.234 e. The van der Waals surface area contributed by atoms with E-state index in [1.165, 1.54) is 35.1 Å². The molecule has 2 aromatic heterocycles. The van der Waals surface area contributed by atoms with E-state index in [9.17, 15) is 0 Å². The van der Waals surface area contributed by atoms with E-state index in [2.05, 4.69) is 70.7 Å². The highest BCUT2D eigenvalue weighted by molar-refractivity contribution is 6.00. The van der Waals surface area contributed by atoms with Crippen molar-refractivity contribution in [2.24, 2.45) is 5.16 Å². The van der Waals surface area contributed by atoms with Crippen LogP contribution in [-0.4, -0.2) is 32.9 Å². The molecule has 2 aromatic carbocycles. The number of rotatable bonds is 6. The van der Waals surface area contributed by atoms with Crippen LogP contribution in [0.5, 0.6) is 11.5 Å². The number of imidazole rings is 1. The highest BCUT2D eigenvalue weighted by Gasteiger charge is 2.26. The Hall–Kier alpha value is -3.87. The Kier molecular flexibility index (Phi) is 5.40. The molecule has 178 valence electrons. The third-order valence-electron chi connectivity index (χ3n) is 6.68. The van der Waals surface area contributed by atoms with Gasteiger partial charge in [0.1, 0.15) is 18.1 Å². The zero-order chi connectivity index (χ0) is 23.9. The Morgan fingerprint density at radius 1 is 1.11 bits per heavy atom. The Morgan fingerprint density at radius 2 is 2.00 bits per heavy atom. The van der Waals surface area contributed by atoms with Crippen LogP contribution in [0.15, 0.2) is 60.0 Å². The standard InChI is InChI=1S/C28H29N5O2/c1-17-7-8-21(18(2)11-17)12-23-16-34-32-27(31-23)26-25(14-29-28-30-19(3)15-33(26)28)35-24-6-4-5-22(13-24)20-9-10-20/h4-8,11,13-15,20,23H,9-10,12,16H2,1-3H3,(H,31,32). The minimum atomic E-state index is 0.0720. The summed E-state index contributed by atoms with van der Waals surface area (Å²) in [5.41, 5.74) is 6.79. The monoisotopic (exact) mass is 467 g/mol. The summed E-state index contributed by atoms with van der Waals surface area (Å²) >= 11 is 0.